The maximum atomic E-state index is 5.55. The van der Waals surface area contributed by atoms with Crippen molar-refractivity contribution in [3.05, 3.63) is 24.2 Å². The van der Waals surface area contributed by atoms with E-state index in [-0.39, 0.29) is 0 Å². The van der Waals surface area contributed by atoms with Crippen LogP contribution in [0.1, 0.15) is 38.1 Å². The van der Waals surface area contributed by atoms with Crippen molar-refractivity contribution < 1.29 is 4.74 Å². The molecule has 5 nitrogen and oxygen atoms in total. The van der Waals surface area contributed by atoms with Gasteiger partial charge in [0.05, 0.1) is 0 Å². The van der Waals surface area contributed by atoms with Crippen molar-refractivity contribution >= 4 is 11.2 Å². The molecule has 1 atom stereocenters. The third-order valence-electron chi connectivity index (χ3n) is 5.37. The van der Waals surface area contributed by atoms with Crippen LogP contribution in [-0.2, 0) is 11.2 Å². The van der Waals surface area contributed by atoms with Crippen molar-refractivity contribution in [1.29, 1.82) is 0 Å². The molecule has 0 aliphatic carbocycles. The van der Waals surface area contributed by atoms with Crippen LogP contribution in [0.2, 0.25) is 0 Å². The predicted octanol–water partition coefficient (Wildman–Crippen LogP) is 2.67. The van der Waals surface area contributed by atoms with E-state index < -0.39 is 0 Å². The van der Waals surface area contributed by atoms with Crippen LogP contribution in [0.4, 0.5) is 0 Å². The molecule has 2 aliphatic heterocycles. The highest BCUT2D eigenvalue weighted by atomic mass is 16.5. The van der Waals surface area contributed by atoms with Gasteiger partial charge in [-0.15, -0.1) is 0 Å². The molecule has 2 aromatic rings. The number of fused-ring (bicyclic) bond motifs is 1. The van der Waals surface area contributed by atoms with Crippen molar-refractivity contribution in [1.82, 2.24) is 19.4 Å². The third kappa shape index (κ3) is 3.00. The van der Waals surface area contributed by atoms with Crippen LogP contribution in [0, 0.1) is 5.92 Å². The molecule has 4 heterocycles. The maximum Gasteiger partial charge on any atom is 0.160 e. The average Bonchev–Trinajstić information content (AvgIpc) is 3.19. The molecular formula is C18H26N4O. The standard InChI is InChI=1S/C18H26N4O/c1-2-21-9-5-14(13-21)12-17-20-16-4-3-8-19-18(16)22(17)15-6-10-23-11-7-15/h3-4,8,14-15H,2,5-7,9-13H2,1H3. The Bertz CT molecular complexity index is 662. The lowest BCUT2D eigenvalue weighted by Crippen LogP contribution is -2.23. The first kappa shape index (κ1) is 15.1. The van der Waals surface area contributed by atoms with Gasteiger partial charge in [0, 0.05) is 38.4 Å². The number of rotatable bonds is 4. The summed E-state index contributed by atoms with van der Waals surface area (Å²) < 4.78 is 7.97. The molecule has 2 saturated heterocycles. The number of hydrogen-bond acceptors (Lipinski definition) is 4. The second-order valence-corrected chi connectivity index (χ2v) is 6.84. The summed E-state index contributed by atoms with van der Waals surface area (Å²) in [4.78, 5) is 12.1. The molecule has 0 radical (unpaired) electrons. The van der Waals surface area contributed by atoms with Crippen LogP contribution >= 0.6 is 0 Å². The average molecular weight is 314 g/mol. The van der Waals surface area contributed by atoms with Crippen LogP contribution in [0.15, 0.2) is 18.3 Å². The summed E-state index contributed by atoms with van der Waals surface area (Å²) in [5.41, 5.74) is 2.10. The molecule has 0 spiro atoms. The fourth-order valence-electron chi connectivity index (χ4n) is 4.07. The zero-order valence-corrected chi connectivity index (χ0v) is 13.9. The molecule has 0 amide bonds. The number of hydrogen-bond donors (Lipinski definition) is 0. The van der Waals surface area contributed by atoms with Crippen molar-refractivity contribution in [3.63, 3.8) is 0 Å². The SMILES string of the molecule is CCN1CCC(Cc2nc3cccnc3n2C2CCOCC2)C1. The molecule has 1 unspecified atom stereocenters. The summed E-state index contributed by atoms with van der Waals surface area (Å²) in [6.45, 7) is 7.56. The maximum absolute atomic E-state index is 5.55. The quantitative estimate of drug-likeness (QED) is 0.870. The molecule has 2 aromatic heterocycles. The number of aromatic nitrogens is 3. The Morgan fingerprint density at radius 1 is 1.26 bits per heavy atom. The molecule has 2 aliphatic rings. The lowest BCUT2D eigenvalue weighted by atomic mass is 10.0. The van der Waals surface area contributed by atoms with E-state index in [4.69, 9.17) is 9.72 Å². The van der Waals surface area contributed by atoms with E-state index in [1.165, 1.54) is 25.3 Å². The first-order chi connectivity index (χ1) is 11.3. The van der Waals surface area contributed by atoms with Crippen molar-refractivity contribution in [3.8, 4) is 0 Å². The molecule has 0 bridgehead atoms. The number of imidazole rings is 1. The highest BCUT2D eigenvalue weighted by Crippen LogP contribution is 2.29. The summed E-state index contributed by atoms with van der Waals surface area (Å²) in [6.07, 6.45) is 6.39. The highest BCUT2D eigenvalue weighted by molar-refractivity contribution is 5.71. The lowest BCUT2D eigenvalue weighted by Gasteiger charge is -2.26. The second kappa shape index (κ2) is 6.57. The van der Waals surface area contributed by atoms with E-state index in [9.17, 15) is 0 Å². The zero-order valence-electron chi connectivity index (χ0n) is 13.9. The number of ether oxygens (including phenoxy) is 1. The summed E-state index contributed by atoms with van der Waals surface area (Å²) in [7, 11) is 0. The fraction of sp³-hybridized carbons (Fsp3) is 0.667. The van der Waals surface area contributed by atoms with Gasteiger partial charge in [0.25, 0.3) is 0 Å². The summed E-state index contributed by atoms with van der Waals surface area (Å²) in [6, 6.07) is 4.57. The van der Waals surface area contributed by atoms with Gasteiger partial charge >= 0.3 is 0 Å². The van der Waals surface area contributed by atoms with Gasteiger partial charge in [-0.3, -0.25) is 0 Å². The molecule has 0 saturated carbocycles. The van der Waals surface area contributed by atoms with E-state index in [0.29, 0.717) is 6.04 Å². The van der Waals surface area contributed by atoms with Crippen molar-refractivity contribution in [2.45, 2.75) is 38.6 Å². The molecule has 2 fully saturated rings. The Morgan fingerprint density at radius 2 is 2.13 bits per heavy atom. The molecule has 23 heavy (non-hydrogen) atoms. The second-order valence-electron chi connectivity index (χ2n) is 6.84. The minimum atomic E-state index is 0.488. The van der Waals surface area contributed by atoms with Gasteiger partial charge in [-0.05, 0) is 50.4 Å². The Balaban J connectivity index is 1.65. The minimum Gasteiger partial charge on any atom is -0.381 e. The van der Waals surface area contributed by atoms with Crippen molar-refractivity contribution in [2.24, 2.45) is 5.92 Å². The monoisotopic (exact) mass is 314 g/mol. The summed E-state index contributed by atoms with van der Waals surface area (Å²) >= 11 is 0. The van der Waals surface area contributed by atoms with Gasteiger partial charge in [-0.2, -0.15) is 0 Å². The molecule has 5 heteroatoms. The van der Waals surface area contributed by atoms with Gasteiger partial charge in [0.15, 0.2) is 5.65 Å². The largest absolute Gasteiger partial charge is 0.381 e. The number of pyridine rings is 1. The number of likely N-dealkylation sites (tertiary alicyclic amines) is 1. The zero-order chi connectivity index (χ0) is 15.6. The smallest absolute Gasteiger partial charge is 0.160 e. The van der Waals surface area contributed by atoms with Crippen LogP contribution < -0.4 is 0 Å². The normalized spacial score (nSPS) is 23.8. The van der Waals surface area contributed by atoms with E-state index in [0.717, 1.165) is 56.1 Å². The Labute approximate surface area is 137 Å². The Hall–Kier alpha value is -1.46. The topological polar surface area (TPSA) is 43.2 Å². The molecular weight excluding hydrogens is 288 g/mol. The predicted molar refractivity (Wildman–Crippen MR) is 90.5 cm³/mol. The van der Waals surface area contributed by atoms with Gasteiger partial charge in [0.2, 0.25) is 0 Å². The molecule has 4 rings (SSSR count). The molecule has 0 N–H and O–H groups in total. The van der Waals surface area contributed by atoms with Crippen LogP contribution in [0.5, 0.6) is 0 Å². The van der Waals surface area contributed by atoms with Crippen LogP contribution in [0.3, 0.4) is 0 Å². The first-order valence-electron chi connectivity index (χ1n) is 8.97. The fourth-order valence-corrected chi connectivity index (χ4v) is 4.07. The van der Waals surface area contributed by atoms with Gasteiger partial charge in [-0.1, -0.05) is 6.92 Å². The first-order valence-corrected chi connectivity index (χ1v) is 8.97. The van der Waals surface area contributed by atoms with Gasteiger partial charge in [-0.25, -0.2) is 9.97 Å². The highest BCUT2D eigenvalue weighted by Gasteiger charge is 2.27. The third-order valence-corrected chi connectivity index (χ3v) is 5.37. The van der Waals surface area contributed by atoms with E-state index in [1.807, 2.05) is 12.3 Å². The van der Waals surface area contributed by atoms with E-state index in [1.54, 1.807) is 0 Å². The van der Waals surface area contributed by atoms with E-state index in [2.05, 4.69) is 27.4 Å². The molecule has 0 aromatic carbocycles. The summed E-state index contributed by atoms with van der Waals surface area (Å²) in [5, 5.41) is 0. The van der Waals surface area contributed by atoms with Crippen LogP contribution in [-0.4, -0.2) is 52.3 Å². The minimum absolute atomic E-state index is 0.488. The van der Waals surface area contributed by atoms with E-state index >= 15 is 0 Å². The van der Waals surface area contributed by atoms with Gasteiger partial charge in [0.1, 0.15) is 11.3 Å². The van der Waals surface area contributed by atoms with Crippen molar-refractivity contribution in [2.75, 3.05) is 32.8 Å². The van der Waals surface area contributed by atoms with Crippen LogP contribution in [0.25, 0.3) is 11.2 Å². The number of nitrogens with zero attached hydrogens (tertiary/aromatic N) is 4. The Kier molecular flexibility index (Phi) is 4.31. The lowest BCUT2D eigenvalue weighted by molar-refractivity contribution is 0.0696. The summed E-state index contributed by atoms with van der Waals surface area (Å²) in [5.74, 6) is 1.96. The Morgan fingerprint density at radius 3 is 2.91 bits per heavy atom. The van der Waals surface area contributed by atoms with Gasteiger partial charge < -0.3 is 14.2 Å². The molecule has 124 valence electrons.